The number of nitrogens with two attached hydrogens (primary N) is 1. The van der Waals surface area contributed by atoms with Crippen LogP contribution < -0.4 is 22.2 Å². The monoisotopic (exact) mass is 518 g/mol. The normalized spacial score (nSPS) is 12.6. The average molecular weight is 518 g/mol. The number of pyridine rings is 1. The average Bonchev–Trinajstić information content (AvgIpc) is 2.79. The molecule has 4 N–H and O–H groups in total. The fraction of sp³-hybridized carbons (Fsp3) is 0.304. The zero-order chi connectivity index (χ0) is 26.9. The zero-order valence-corrected chi connectivity index (χ0v) is 19.7. The Morgan fingerprint density at radius 2 is 1.95 bits per heavy atom. The van der Waals surface area contributed by atoms with Crippen molar-refractivity contribution >= 4 is 22.4 Å². The number of hydrogen-bond acceptors (Lipinski definition) is 8. The molecular formula is C23H22F4N8O2. The van der Waals surface area contributed by atoms with Crippen LogP contribution in [0.3, 0.4) is 0 Å². The third-order valence-electron chi connectivity index (χ3n) is 5.65. The molecule has 1 aromatic carbocycles. The van der Waals surface area contributed by atoms with Gasteiger partial charge >= 0.3 is 6.18 Å². The van der Waals surface area contributed by atoms with Crippen LogP contribution in [0.25, 0.3) is 22.2 Å². The third-order valence-corrected chi connectivity index (χ3v) is 5.65. The number of rotatable bonds is 7. The van der Waals surface area contributed by atoms with Crippen LogP contribution in [0.2, 0.25) is 0 Å². The van der Waals surface area contributed by atoms with Gasteiger partial charge in [-0.1, -0.05) is 0 Å². The Morgan fingerprint density at radius 3 is 2.65 bits per heavy atom. The van der Waals surface area contributed by atoms with Crippen molar-refractivity contribution in [2.45, 2.75) is 45.5 Å². The van der Waals surface area contributed by atoms with Crippen LogP contribution in [0.15, 0.2) is 40.2 Å². The van der Waals surface area contributed by atoms with E-state index in [1.165, 1.54) is 10.6 Å². The fourth-order valence-corrected chi connectivity index (χ4v) is 3.97. The van der Waals surface area contributed by atoms with Gasteiger partial charge in [0.25, 0.3) is 11.1 Å². The Kier molecular flexibility index (Phi) is 6.92. The predicted molar refractivity (Wildman–Crippen MR) is 128 cm³/mol. The highest BCUT2D eigenvalue weighted by molar-refractivity contribution is 5.86. The molecule has 10 nitrogen and oxygen atoms in total. The molecule has 0 amide bonds. The summed E-state index contributed by atoms with van der Waals surface area (Å²) in [5, 5.41) is 8.50. The summed E-state index contributed by atoms with van der Waals surface area (Å²) < 4.78 is 55.9. The van der Waals surface area contributed by atoms with E-state index in [1.54, 1.807) is 31.2 Å². The molecule has 0 spiro atoms. The Balaban J connectivity index is 1.49. The smallest absolute Gasteiger partial charge is 0.381 e. The molecule has 37 heavy (non-hydrogen) atoms. The standard InChI is InChI=1S/C23H22F4N8O2/c1-11(30-17-10-29-34-20(36)18(17)23(25,26)27)4-3-6-35-7-5-13-8-15(16(24)9-14(13)21(35)37)19-31-12(2)32-22(28)33-19/h5,7-11H,3-4,6H2,1-2H3,(H2,30,34,36)(H2,28,31,32,33)/t11-/m0/s1. The minimum atomic E-state index is -4.85. The Bertz CT molecular complexity index is 1560. The fourth-order valence-electron chi connectivity index (χ4n) is 3.97. The number of benzene rings is 1. The van der Waals surface area contributed by atoms with E-state index < -0.39 is 40.4 Å². The quantitative estimate of drug-likeness (QED) is 0.316. The summed E-state index contributed by atoms with van der Waals surface area (Å²) in [4.78, 5) is 36.5. The van der Waals surface area contributed by atoms with Gasteiger partial charge in [-0.15, -0.1) is 0 Å². The number of aromatic amines is 1. The zero-order valence-electron chi connectivity index (χ0n) is 19.7. The van der Waals surface area contributed by atoms with Gasteiger partial charge in [0.1, 0.15) is 17.2 Å². The van der Waals surface area contributed by atoms with E-state index in [0.29, 0.717) is 24.1 Å². The first-order chi connectivity index (χ1) is 17.4. The molecule has 0 aliphatic rings. The summed E-state index contributed by atoms with van der Waals surface area (Å²) in [6.45, 7) is 3.49. The lowest BCUT2D eigenvalue weighted by Gasteiger charge is -2.18. The van der Waals surface area contributed by atoms with Gasteiger partial charge in [0.05, 0.1) is 22.8 Å². The molecule has 0 radical (unpaired) electrons. The molecule has 0 fully saturated rings. The molecule has 4 aromatic rings. The topological polar surface area (TPSA) is 144 Å². The molecule has 14 heteroatoms. The second kappa shape index (κ2) is 9.95. The van der Waals surface area contributed by atoms with Crippen LogP contribution in [0.5, 0.6) is 0 Å². The highest BCUT2D eigenvalue weighted by Crippen LogP contribution is 2.32. The van der Waals surface area contributed by atoms with E-state index in [0.717, 1.165) is 12.3 Å². The lowest BCUT2D eigenvalue weighted by atomic mass is 10.1. The van der Waals surface area contributed by atoms with Crippen molar-refractivity contribution in [3.63, 3.8) is 0 Å². The number of halogens is 4. The van der Waals surface area contributed by atoms with Crippen LogP contribution >= 0.6 is 0 Å². The SMILES string of the molecule is Cc1nc(N)nc(-c2cc3ccn(CCC[C@H](C)Nc4cn[nH]c(=O)c4C(F)(F)F)c(=O)c3cc2F)n1. The van der Waals surface area contributed by atoms with Gasteiger partial charge in [-0.05, 0) is 50.3 Å². The number of H-pyrrole nitrogens is 1. The number of nitrogens with zero attached hydrogens (tertiary/aromatic N) is 5. The number of nitrogens with one attached hydrogen (secondary N) is 2. The van der Waals surface area contributed by atoms with Gasteiger partial charge in [0, 0.05) is 18.8 Å². The first-order valence-electron chi connectivity index (χ1n) is 11.2. The van der Waals surface area contributed by atoms with Crippen LogP contribution in [-0.2, 0) is 12.7 Å². The molecular weight excluding hydrogens is 496 g/mol. The van der Waals surface area contributed by atoms with Crippen molar-refractivity contribution in [3.8, 4) is 11.4 Å². The van der Waals surface area contributed by atoms with Gasteiger partial charge in [0.15, 0.2) is 5.82 Å². The van der Waals surface area contributed by atoms with Crippen LogP contribution in [0.1, 0.15) is 31.2 Å². The number of aryl methyl sites for hydroxylation is 2. The van der Waals surface area contributed by atoms with Crippen molar-refractivity contribution in [1.82, 2.24) is 29.7 Å². The van der Waals surface area contributed by atoms with Crippen molar-refractivity contribution < 1.29 is 17.6 Å². The Morgan fingerprint density at radius 1 is 1.19 bits per heavy atom. The largest absolute Gasteiger partial charge is 0.423 e. The van der Waals surface area contributed by atoms with Gasteiger partial charge in [-0.3, -0.25) is 9.59 Å². The molecule has 0 aliphatic heterocycles. The highest BCUT2D eigenvalue weighted by Gasteiger charge is 2.37. The minimum Gasteiger partial charge on any atom is -0.381 e. The van der Waals surface area contributed by atoms with Gasteiger partial charge in [-0.2, -0.15) is 28.2 Å². The molecule has 0 unspecified atom stereocenters. The lowest BCUT2D eigenvalue weighted by molar-refractivity contribution is -0.138. The maximum Gasteiger partial charge on any atom is 0.423 e. The number of anilines is 2. The summed E-state index contributed by atoms with van der Waals surface area (Å²) in [5.41, 5.74) is 2.18. The molecule has 0 saturated heterocycles. The molecule has 1 atom stereocenters. The van der Waals surface area contributed by atoms with Crippen molar-refractivity contribution in [2.75, 3.05) is 11.1 Å². The summed E-state index contributed by atoms with van der Waals surface area (Å²) >= 11 is 0. The van der Waals surface area contributed by atoms with Crippen LogP contribution in [0.4, 0.5) is 29.2 Å². The molecule has 0 aliphatic carbocycles. The van der Waals surface area contributed by atoms with Gasteiger partial charge < -0.3 is 15.6 Å². The number of fused-ring (bicyclic) bond motifs is 1. The highest BCUT2D eigenvalue weighted by atomic mass is 19.4. The second-order valence-electron chi connectivity index (χ2n) is 8.47. The number of nitrogen functional groups attached to an aromatic ring is 1. The van der Waals surface area contributed by atoms with Gasteiger partial charge in [-0.25, -0.2) is 14.5 Å². The maximum absolute atomic E-state index is 14.9. The first-order valence-corrected chi connectivity index (χ1v) is 11.2. The van der Waals surface area contributed by atoms with Crippen molar-refractivity contribution in [1.29, 1.82) is 0 Å². The van der Waals surface area contributed by atoms with E-state index in [4.69, 9.17) is 5.73 Å². The molecule has 3 heterocycles. The predicted octanol–water partition coefficient (Wildman–Crippen LogP) is 3.27. The van der Waals surface area contributed by atoms with E-state index in [-0.39, 0.29) is 29.3 Å². The lowest BCUT2D eigenvalue weighted by Crippen LogP contribution is -2.27. The third kappa shape index (κ3) is 5.57. The Labute approximate surface area is 206 Å². The van der Waals surface area contributed by atoms with Crippen molar-refractivity contribution in [2.24, 2.45) is 0 Å². The van der Waals surface area contributed by atoms with Crippen LogP contribution in [-0.4, -0.2) is 35.8 Å². The molecule has 194 valence electrons. The first kappa shape index (κ1) is 25.7. The summed E-state index contributed by atoms with van der Waals surface area (Å²) in [6, 6.07) is 3.76. The van der Waals surface area contributed by atoms with E-state index in [1.807, 2.05) is 0 Å². The maximum atomic E-state index is 14.9. The van der Waals surface area contributed by atoms with E-state index >= 15 is 0 Å². The second-order valence-corrected chi connectivity index (χ2v) is 8.47. The van der Waals surface area contributed by atoms with Gasteiger partial charge in [0.2, 0.25) is 5.95 Å². The summed E-state index contributed by atoms with van der Waals surface area (Å²) in [7, 11) is 0. The molecule has 0 bridgehead atoms. The summed E-state index contributed by atoms with van der Waals surface area (Å²) in [5.74, 6) is -0.367. The van der Waals surface area contributed by atoms with E-state index in [2.05, 4.69) is 25.4 Å². The van der Waals surface area contributed by atoms with Crippen LogP contribution in [0, 0.1) is 12.7 Å². The molecule has 4 rings (SSSR count). The minimum absolute atomic E-state index is 0.0499. The van der Waals surface area contributed by atoms with Crippen molar-refractivity contribution in [3.05, 3.63) is 68.5 Å². The van der Waals surface area contributed by atoms with E-state index in [9.17, 15) is 27.2 Å². The number of hydrogen-bond donors (Lipinski definition) is 3. The summed E-state index contributed by atoms with van der Waals surface area (Å²) in [6.07, 6.45) is -1.59. The molecule has 3 aromatic heterocycles. The number of aromatic nitrogens is 6. The Hall–Kier alpha value is -4.36. The molecule has 0 saturated carbocycles. The number of alkyl halides is 3.